The maximum absolute atomic E-state index is 12.3. The molecular weight excluding hydrogens is 320 g/mol. The molecule has 1 saturated heterocycles. The van der Waals surface area contributed by atoms with Gasteiger partial charge in [-0.25, -0.2) is 0 Å². The van der Waals surface area contributed by atoms with E-state index >= 15 is 0 Å². The molecule has 2 unspecified atom stereocenters. The van der Waals surface area contributed by atoms with E-state index in [9.17, 15) is 9.90 Å². The van der Waals surface area contributed by atoms with Crippen LogP contribution in [0.3, 0.4) is 0 Å². The highest BCUT2D eigenvalue weighted by Gasteiger charge is 2.32. The van der Waals surface area contributed by atoms with E-state index in [1.54, 1.807) is 0 Å². The Morgan fingerprint density at radius 2 is 2.05 bits per heavy atom. The number of rotatable bonds is 5. The van der Waals surface area contributed by atoms with Gasteiger partial charge < -0.3 is 10.0 Å². The van der Waals surface area contributed by atoms with Crippen LogP contribution in [-0.2, 0) is 0 Å². The summed E-state index contributed by atoms with van der Waals surface area (Å²) in [5, 5.41) is 9.83. The Kier molecular flexibility index (Phi) is 5.32. The van der Waals surface area contributed by atoms with Gasteiger partial charge in [-0.05, 0) is 32.6 Å². The second kappa shape index (κ2) is 6.80. The first-order valence-electron chi connectivity index (χ1n) is 6.81. The van der Waals surface area contributed by atoms with Gasteiger partial charge in [-0.3, -0.25) is 9.69 Å². The van der Waals surface area contributed by atoms with E-state index in [2.05, 4.69) is 25.7 Å². The molecule has 0 saturated carbocycles. The summed E-state index contributed by atoms with van der Waals surface area (Å²) in [6, 6.07) is 7.67. The predicted molar refractivity (Wildman–Crippen MR) is 83.0 cm³/mol. The average Bonchev–Trinajstić information content (AvgIpc) is 2.69. The van der Waals surface area contributed by atoms with Crippen LogP contribution in [-0.4, -0.2) is 66.6 Å². The minimum Gasteiger partial charge on any atom is -0.392 e. The highest BCUT2D eigenvalue weighted by molar-refractivity contribution is 9.10. The standard InChI is InChI=1S/C15H21BrN2O2/c1-17(2)8-13-7-14(19)9-18(13)10-15(20)11-3-5-12(16)6-4-11/h3-6,13-14,19H,7-10H2,1-2H3. The minimum absolute atomic E-state index is 0.107. The molecule has 1 aliphatic heterocycles. The van der Waals surface area contributed by atoms with E-state index in [0.717, 1.165) is 23.0 Å². The molecular formula is C15H21BrN2O2. The van der Waals surface area contributed by atoms with Crippen molar-refractivity contribution in [3.05, 3.63) is 34.3 Å². The summed E-state index contributed by atoms with van der Waals surface area (Å²) in [7, 11) is 4.03. The molecule has 0 amide bonds. The monoisotopic (exact) mass is 340 g/mol. The number of aliphatic hydroxyl groups excluding tert-OH is 1. The second-order valence-electron chi connectivity index (χ2n) is 5.67. The van der Waals surface area contributed by atoms with Crippen LogP contribution < -0.4 is 0 Å². The first-order valence-corrected chi connectivity index (χ1v) is 7.60. The van der Waals surface area contributed by atoms with Gasteiger partial charge in [0.15, 0.2) is 5.78 Å². The molecule has 2 rings (SSSR count). The molecule has 0 aliphatic carbocycles. The Morgan fingerprint density at radius 3 is 2.65 bits per heavy atom. The number of benzene rings is 1. The number of hydrogen-bond acceptors (Lipinski definition) is 4. The van der Waals surface area contributed by atoms with Crippen LogP contribution in [0.5, 0.6) is 0 Å². The molecule has 1 aliphatic rings. The van der Waals surface area contributed by atoms with Crippen LogP contribution in [0.1, 0.15) is 16.8 Å². The van der Waals surface area contributed by atoms with Crippen molar-refractivity contribution in [1.29, 1.82) is 0 Å². The number of halogens is 1. The van der Waals surface area contributed by atoms with Gasteiger partial charge in [-0.15, -0.1) is 0 Å². The van der Waals surface area contributed by atoms with Crippen molar-refractivity contribution in [2.24, 2.45) is 0 Å². The highest BCUT2D eigenvalue weighted by atomic mass is 79.9. The molecule has 20 heavy (non-hydrogen) atoms. The van der Waals surface area contributed by atoms with Crippen LogP contribution in [0.15, 0.2) is 28.7 Å². The number of ketones is 1. The Morgan fingerprint density at radius 1 is 1.40 bits per heavy atom. The molecule has 0 spiro atoms. The number of carbonyl (C=O) groups is 1. The van der Waals surface area contributed by atoms with Gasteiger partial charge in [0.2, 0.25) is 0 Å². The molecule has 4 nitrogen and oxygen atoms in total. The van der Waals surface area contributed by atoms with E-state index < -0.39 is 0 Å². The Bertz CT molecular complexity index is 461. The SMILES string of the molecule is CN(C)CC1CC(O)CN1CC(=O)c1ccc(Br)cc1. The highest BCUT2D eigenvalue weighted by Crippen LogP contribution is 2.19. The molecule has 1 heterocycles. The Balaban J connectivity index is 2.00. The van der Waals surface area contributed by atoms with E-state index in [0.29, 0.717) is 13.1 Å². The lowest BCUT2D eigenvalue weighted by atomic mass is 10.1. The summed E-state index contributed by atoms with van der Waals surface area (Å²) < 4.78 is 0.969. The van der Waals surface area contributed by atoms with E-state index in [1.165, 1.54) is 0 Å². The summed E-state index contributed by atoms with van der Waals surface area (Å²) in [5.41, 5.74) is 0.721. The van der Waals surface area contributed by atoms with Gasteiger partial charge in [0, 0.05) is 29.2 Å². The number of nitrogens with zero attached hydrogens (tertiary/aromatic N) is 2. The predicted octanol–water partition coefficient (Wildman–Crippen LogP) is 1.63. The van der Waals surface area contributed by atoms with Gasteiger partial charge in [-0.1, -0.05) is 28.1 Å². The molecule has 1 fully saturated rings. The molecule has 5 heteroatoms. The third-order valence-electron chi connectivity index (χ3n) is 3.59. The molecule has 1 aromatic rings. The van der Waals surface area contributed by atoms with Crippen molar-refractivity contribution in [1.82, 2.24) is 9.80 Å². The second-order valence-corrected chi connectivity index (χ2v) is 6.58. The fourth-order valence-corrected chi connectivity index (χ4v) is 2.94. The first kappa shape index (κ1) is 15.6. The number of hydrogen-bond donors (Lipinski definition) is 1. The average molecular weight is 341 g/mol. The van der Waals surface area contributed by atoms with Crippen molar-refractivity contribution in [3.63, 3.8) is 0 Å². The summed E-state index contributed by atoms with van der Waals surface area (Å²) in [4.78, 5) is 16.5. The smallest absolute Gasteiger partial charge is 0.176 e. The summed E-state index contributed by atoms with van der Waals surface area (Å²) in [5.74, 6) is 0.107. The number of aliphatic hydroxyl groups is 1. The fraction of sp³-hybridized carbons (Fsp3) is 0.533. The van der Waals surface area contributed by atoms with Gasteiger partial charge in [0.25, 0.3) is 0 Å². The van der Waals surface area contributed by atoms with Crippen molar-refractivity contribution in [2.75, 3.05) is 33.7 Å². The fourth-order valence-electron chi connectivity index (χ4n) is 2.67. The van der Waals surface area contributed by atoms with Gasteiger partial charge in [-0.2, -0.15) is 0 Å². The molecule has 1 aromatic carbocycles. The number of likely N-dealkylation sites (N-methyl/N-ethyl adjacent to an activating group) is 1. The zero-order valence-electron chi connectivity index (χ0n) is 11.9. The van der Waals surface area contributed by atoms with E-state index in [4.69, 9.17) is 0 Å². The van der Waals surface area contributed by atoms with Crippen LogP contribution in [0.4, 0.5) is 0 Å². The van der Waals surface area contributed by atoms with Crippen molar-refractivity contribution in [3.8, 4) is 0 Å². The molecule has 0 radical (unpaired) electrons. The zero-order valence-corrected chi connectivity index (χ0v) is 13.5. The lowest BCUT2D eigenvalue weighted by Gasteiger charge is -2.25. The molecule has 2 atom stereocenters. The number of carbonyl (C=O) groups excluding carboxylic acids is 1. The quantitative estimate of drug-likeness (QED) is 0.827. The van der Waals surface area contributed by atoms with Gasteiger partial charge in [0.1, 0.15) is 0 Å². The number of likely N-dealkylation sites (tertiary alicyclic amines) is 1. The third-order valence-corrected chi connectivity index (χ3v) is 4.12. The number of β-amino-alcohol motifs (C(OH)–C–C–N with tert-alkyl or cyclic N) is 1. The third kappa shape index (κ3) is 4.12. The van der Waals surface area contributed by atoms with Gasteiger partial charge in [0.05, 0.1) is 12.6 Å². The van der Waals surface area contributed by atoms with Crippen molar-refractivity contribution < 1.29 is 9.90 Å². The minimum atomic E-state index is -0.322. The summed E-state index contributed by atoms with van der Waals surface area (Å²) in [6.45, 7) is 1.82. The summed E-state index contributed by atoms with van der Waals surface area (Å²) in [6.07, 6.45) is 0.420. The largest absolute Gasteiger partial charge is 0.392 e. The van der Waals surface area contributed by atoms with Crippen molar-refractivity contribution in [2.45, 2.75) is 18.6 Å². The Hall–Kier alpha value is -0.750. The first-order chi connectivity index (χ1) is 9.45. The Labute approximate surface area is 128 Å². The lowest BCUT2D eigenvalue weighted by molar-refractivity contribution is 0.0902. The zero-order chi connectivity index (χ0) is 14.7. The van der Waals surface area contributed by atoms with Crippen LogP contribution in [0.25, 0.3) is 0 Å². The van der Waals surface area contributed by atoms with Gasteiger partial charge >= 0.3 is 0 Å². The number of Topliss-reactive ketones (excluding diaryl/α,β-unsaturated/α-hetero) is 1. The van der Waals surface area contributed by atoms with E-state index in [-0.39, 0.29) is 17.9 Å². The molecule has 0 bridgehead atoms. The lowest BCUT2D eigenvalue weighted by Crippen LogP contribution is -2.40. The van der Waals surface area contributed by atoms with Crippen LogP contribution in [0, 0.1) is 0 Å². The van der Waals surface area contributed by atoms with E-state index in [1.807, 2.05) is 38.4 Å². The van der Waals surface area contributed by atoms with Crippen molar-refractivity contribution >= 4 is 21.7 Å². The van der Waals surface area contributed by atoms with Crippen LogP contribution in [0.2, 0.25) is 0 Å². The molecule has 1 N–H and O–H groups in total. The summed E-state index contributed by atoms with van der Waals surface area (Å²) >= 11 is 3.37. The molecule has 0 aromatic heterocycles. The van der Waals surface area contributed by atoms with Crippen LogP contribution >= 0.6 is 15.9 Å². The maximum atomic E-state index is 12.3. The maximum Gasteiger partial charge on any atom is 0.176 e. The topological polar surface area (TPSA) is 43.8 Å². The normalized spacial score (nSPS) is 23.4. The molecule has 110 valence electrons.